The van der Waals surface area contributed by atoms with E-state index in [1.165, 1.54) is 0 Å². The van der Waals surface area contributed by atoms with Crippen LogP contribution in [-0.4, -0.2) is 14.8 Å². The van der Waals surface area contributed by atoms with Crippen LogP contribution in [-0.2, 0) is 20.0 Å². The summed E-state index contributed by atoms with van der Waals surface area (Å²) in [5.74, 6) is 0.797. The van der Waals surface area contributed by atoms with Gasteiger partial charge in [-0.2, -0.15) is 5.10 Å². The number of hydrogen-bond acceptors (Lipinski definition) is 5. The van der Waals surface area contributed by atoms with Crippen molar-refractivity contribution in [1.82, 2.24) is 14.8 Å². The van der Waals surface area contributed by atoms with Crippen LogP contribution < -0.4 is 15.9 Å². The van der Waals surface area contributed by atoms with Crippen LogP contribution in [0.3, 0.4) is 0 Å². The number of H-pyrrole nitrogens is 1. The molecule has 0 spiro atoms. The van der Waals surface area contributed by atoms with Crippen molar-refractivity contribution in [1.29, 1.82) is 0 Å². The molecular formula is C11H17N5OS. The average Bonchev–Trinajstić information content (AvgIpc) is 2.84. The summed E-state index contributed by atoms with van der Waals surface area (Å²) in [5, 5.41) is 9.38. The lowest BCUT2D eigenvalue weighted by molar-refractivity contribution is 0.734. The highest BCUT2D eigenvalue weighted by Crippen LogP contribution is 2.23. The van der Waals surface area contributed by atoms with E-state index in [1.54, 1.807) is 10.1 Å². The molecule has 2 aromatic heterocycles. The van der Waals surface area contributed by atoms with Crippen LogP contribution in [0.1, 0.15) is 24.7 Å². The number of thiazole rings is 1. The molecule has 0 unspecified atom stereocenters. The van der Waals surface area contributed by atoms with E-state index in [2.05, 4.69) is 22.3 Å². The van der Waals surface area contributed by atoms with Crippen LogP contribution in [0.4, 0.5) is 11.5 Å². The van der Waals surface area contributed by atoms with Gasteiger partial charge in [-0.3, -0.25) is 9.48 Å². The van der Waals surface area contributed by atoms with Crippen molar-refractivity contribution in [3.05, 3.63) is 26.4 Å². The summed E-state index contributed by atoms with van der Waals surface area (Å²) >= 11 is 1.16. The Kier molecular flexibility index (Phi) is 3.71. The van der Waals surface area contributed by atoms with Crippen molar-refractivity contribution in [3.63, 3.8) is 0 Å². The smallest absolute Gasteiger partial charge is 0.304 e. The molecule has 0 radical (unpaired) electrons. The van der Waals surface area contributed by atoms with Gasteiger partial charge in [0.2, 0.25) is 0 Å². The van der Waals surface area contributed by atoms with E-state index in [1.807, 2.05) is 7.05 Å². The predicted octanol–water partition coefficient (Wildman–Crippen LogP) is 1.32. The van der Waals surface area contributed by atoms with E-state index < -0.39 is 0 Å². The molecule has 2 heterocycles. The molecule has 0 saturated carbocycles. The summed E-state index contributed by atoms with van der Waals surface area (Å²) in [4.78, 5) is 13.7. The predicted molar refractivity (Wildman–Crippen MR) is 73.9 cm³/mol. The topological polar surface area (TPSA) is 88.7 Å². The highest BCUT2D eigenvalue weighted by molar-refractivity contribution is 7.07. The van der Waals surface area contributed by atoms with E-state index in [9.17, 15) is 4.79 Å². The second kappa shape index (κ2) is 5.26. The van der Waals surface area contributed by atoms with Crippen molar-refractivity contribution in [3.8, 4) is 0 Å². The Morgan fingerprint density at radius 2 is 2.39 bits per heavy atom. The van der Waals surface area contributed by atoms with E-state index in [-0.39, 0.29) is 4.87 Å². The molecule has 98 valence electrons. The number of anilines is 2. The monoisotopic (exact) mass is 267 g/mol. The quantitative estimate of drug-likeness (QED) is 0.762. The molecule has 0 fully saturated rings. The molecule has 0 aliphatic carbocycles. The summed E-state index contributed by atoms with van der Waals surface area (Å²) in [6, 6.07) is 0. The van der Waals surface area contributed by atoms with Gasteiger partial charge in [-0.1, -0.05) is 24.7 Å². The third-order valence-electron chi connectivity index (χ3n) is 2.66. The first kappa shape index (κ1) is 12.7. The van der Waals surface area contributed by atoms with Crippen LogP contribution in [0.25, 0.3) is 0 Å². The van der Waals surface area contributed by atoms with Crippen molar-refractivity contribution in [2.45, 2.75) is 26.3 Å². The molecule has 2 aromatic rings. The number of nitrogens with two attached hydrogens (primary N) is 1. The Labute approximate surface area is 109 Å². The fourth-order valence-corrected chi connectivity index (χ4v) is 2.39. The van der Waals surface area contributed by atoms with Gasteiger partial charge in [0.1, 0.15) is 5.82 Å². The molecule has 0 aromatic carbocycles. The van der Waals surface area contributed by atoms with Crippen molar-refractivity contribution in [2.75, 3.05) is 11.1 Å². The number of nitrogens with zero attached hydrogens (tertiary/aromatic N) is 2. The minimum absolute atomic E-state index is 0.0450. The van der Waals surface area contributed by atoms with E-state index in [4.69, 9.17) is 5.73 Å². The number of aryl methyl sites for hydroxylation is 2. The molecule has 6 nitrogen and oxygen atoms in total. The molecule has 0 aliphatic heterocycles. The highest BCUT2D eigenvalue weighted by atomic mass is 32.1. The minimum Gasteiger partial charge on any atom is -0.394 e. The molecule has 0 atom stereocenters. The van der Waals surface area contributed by atoms with Gasteiger partial charge in [0.15, 0.2) is 0 Å². The van der Waals surface area contributed by atoms with Gasteiger partial charge in [0.25, 0.3) is 0 Å². The summed E-state index contributed by atoms with van der Waals surface area (Å²) < 4.78 is 1.74. The maximum absolute atomic E-state index is 11.0. The number of nitrogens with one attached hydrogen (secondary N) is 2. The van der Waals surface area contributed by atoms with E-state index in [0.29, 0.717) is 12.2 Å². The normalized spacial score (nSPS) is 10.8. The molecule has 2 rings (SSSR count). The number of hydrogen-bond donors (Lipinski definition) is 3. The zero-order chi connectivity index (χ0) is 13.1. The van der Waals surface area contributed by atoms with Gasteiger partial charge in [-0.25, -0.2) is 0 Å². The third-order valence-corrected chi connectivity index (χ3v) is 3.38. The lowest BCUT2D eigenvalue weighted by Gasteiger charge is -2.05. The third kappa shape index (κ3) is 2.56. The highest BCUT2D eigenvalue weighted by Gasteiger charge is 2.12. The van der Waals surface area contributed by atoms with Gasteiger partial charge < -0.3 is 16.0 Å². The second-order valence-electron chi connectivity index (χ2n) is 4.11. The number of aromatic amines is 1. The Hall–Kier alpha value is -1.76. The number of nitrogen functional groups attached to an aromatic ring is 1. The van der Waals surface area contributed by atoms with Gasteiger partial charge in [-0.05, 0) is 6.42 Å². The van der Waals surface area contributed by atoms with Gasteiger partial charge in [-0.15, -0.1) is 0 Å². The fraction of sp³-hybridized carbons (Fsp3) is 0.455. The molecule has 0 bridgehead atoms. The average molecular weight is 267 g/mol. The van der Waals surface area contributed by atoms with Crippen molar-refractivity contribution in [2.24, 2.45) is 7.05 Å². The van der Waals surface area contributed by atoms with E-state index >= 15 is 0 Å². The molecule has 4 N–H and O–H groups in total. The van der Waals surface area contributed by atoms with Crippen molar-refractivity contribution >= 4 is 22.8 Å². The summed E-state index contributed by atoms with van der Waals surface area (Å²) in [6.07, 6.45) is 1.88. The number of rotatable bonds is 5. The zero-order valence-corrected chi connectivity index (χ0v) is 11.3. The molecule has 0 aliphatic rings. The molecular weight excluding hydrogens is 250 g/mol. The Morgan fingerprint density at radius 3 is 3.00 bits per heavy atom. The largest absolute Gasteiger partial charge is 0.394 e. The van der Waals surface area contributed by atoms with Crippen LogP contribution in [0.5, 0.6) is 0 Å². The Balaban J connectivity index is 2.11. The van der Waals surface area contributed by atoms with Crippen molar-refractivity contribution < 1.29 is 0 Å². The van der Waals surface area contributed by atoms with Crippen LogP contribution in [0.2, 0.25) is 0 Å². The summed E-state index contributed by atoms with van der Waals surface area (Å²) in [7, 11) is 1.86. The van der Waals surface area contributed by atoms with Gasteiger partial charge >= 0.3 is 4.87 Å². The van der Waals surface area contributed by atoms with E-state index in [0.717, 1.165) is 41.4 Å². The summed E-state index contributed by atoms with van der Waals surface area (Å²) in [6.45, 7) is 2.63. The maximum atomic E-state index is 11.0. The first-order valence-electron chi connectivity index (χ1n) is 5.83. The lowest BCUT2D eigenvalue weighted by Crippen LogP contribution is -2.07. The van der Waals surface area contributed by atoms with Gasteiger partial charge in [0.05, 0.1) is 17.9 Å². The Bertz CT molecular complexity index is 583. The molecule has 18 heavy (non-hydrogen) atoms. The van der Waals surface area contributed by atoms with Crippen LogP contribution in [0.15, 0.2) is 10.2 Å². The molecule has 0 amide bonds. The standard InChI is InChI=1S/C11H17N5OS/c1-3-4-8-9(12)10(16(2)15-8)13-5-7-6-18-11(17)14-7/h6,13H,3-5,12H2,1-2H3,(H,14,17). The van der Waals surface area contributed by atoms with Crippen LogP contribution >= 0.6 is 11.3 Å². The Morgan fingerprint density at radius 1 is 1.61 bits per heavy atom. The first-order chi connectivity index (χ1) is 8.61. The van der Waals surface area contributed by atoms with Gasteiger partial charge in [0, 0.05) is 18.1 Å². The summed E-state index contributed by atoms with van der Waals surface area (Å²) in [5.41, 5.74) is 8.50. The maximum Gasteiger partial charge on any atom is 0.304 e. The number of aromatic nitrogens is 3. The fourth-order valence-electron chi connectivity index (χ4n) is 1.81. The first-order valence-corrected chi connectivity index (χ1v) is 6.71. The van der Waals surface area contributed by atoms with Crippen LogP contribution in [0, 0.1) is 0 Å². The SMILES string of the molecule is CCCc1nn(C)c(NCc2csc(=O)[nH]2)c1N. The lowest BCUT2D eigenvalue weighted by atomic mass is 10.2. The molecule has 0 saturated heterocycles. The minimum atomic E-state index is -0.0450. The second-order valence-corrected chi connectivity index (χ2v) is 4.95. The molecule has 7 heteroatoms. The zero-order valence-electron chi connectivity index (χ0n) is 10.5.